The number of rotatable bonds is 7. The Balaban J connectivity index is 1.59. The van der Waals surface area contributed by atoms with E-state index in [4.69, 9.17) is 9.84 Å². The molecule has 0 bridgehead atoms. The van der Waals surface area contributed by atoms with Gasteiger partial charge in [-0.25, -0.2) is 4.98 Å². The number of nitrogens with one attached hydrogen (secondary N) is 1. The Morgan fingerprint density at radius 3 is 2.96 bits per heavy atom. The highest BCUT2D eigenvalue weighted by atomic mass is 16.5. The molecule has 6 nitrogen and oxygen atoms in total. The lowest BCUT2D eigenvalue weighted by atomic mass is 10.1. The van der Waals surface area contributed by atoms with Gasteiger partial charge in [-0.1, -0.05) is 0 Å². The van der Waals surface area contributed by atoms with Gasteiger partial charge in [0.25, 0.3) is 0 Å². The van der Waals surface area contributed by atoms with Crippen LogP contribution in [-0.2, 0) is 16.0 Å². The molecule has 0 atom stereocenters. The molecular formula is C17H18N2O4. The largest absolute Gasteiger partial charge is 0.494 e. The van der Waals surface area contributed by atoms with Gasteiger partial charge in [0.05, 0.1) is 18.5 Å². The highest BCUT2D eigenvalue weighted by molar-refractivity contribution is 6.00. The Hall–Kier alpha value is -2.63. The number of ether oxygens (including phenoxy) is 1. The maximum absolute atomic E-state index is 11.4. The molecule has 0 aliphatic carbocycles. The Morgan fingerprint density at radius 1 is 1.26 bits per heavy atom. The molecule has 0 spiro atoms. The van der Waals surface area contributed by atoms with Crippen LogP contribution in [0.15, 0.2) is 24.3 Å². The first-order valence-corrected chi connectivity index (χ1v) is 7.70. The predicted octanol–water partition coefficient (Wildman–Crippen LogP) is 2.75. The van der Waals surface area contributed by atoms with Crippen LogP contribution >= 0.6 is 0 Å². The molecule has 0 unspecified atom stereocenters. The van der Waals surface area contributed by atoms with Crippen molar-refractivity contribution < 1.29 is 19.4 Å². The number of aromatic nitrogens is 1. The van der Waals surface area contributed by atoms with E-state index in [1.54, 1.807) is 0 Å². The molecule has 3 rings (SSSR count). The van der Waals surface area contributed by atoms with E-state index in [2.05, 4.69) is 10.3 Å². The molecule has 2 heterocycles. The van der Waals surface area contributed by atoms with Gasteiger partial charge in [0.1, 0.15) is 11.6 Å². The summed E-state index contributed by atoms with van der Waals surface area (Å²) in [6.07, 6.45) is 2.91. The quantitative estimate of drug-likeness (QED) is 0.767. The first-order valence-electron chi connectivity index (χ1n) is 7.70. The van der Waals surface area contributed by atoms with E-state index < -0.39 is 5.97 Å². The normalized spacial score (nSPS) is 13.0. The molecule has 1 aliphatic heterocycles. The van der Waals surface area contributed by atoms with Gasteiger partial charge >= 0.3 is 5.97 Å². The second kappa shape index (κ2) is 6.64. The Kier molecular flexibility index (Phi) is 4.41. The average Bonchev–Trinajstić information content (AvgIpc) is 2.86. The van der Waals surface area contributed by atoms with Crippen LogP contribution in [0.3, 0.4) is 0 Å². The fourth-order valence-corrected chi connectivity index (χ4v) is 2.63. The van der Waals surface area contributed by atoms with E-state index in [1.165, 1.54) is 0 Å². The maximum Gasteiger partial charge on any atom is 0.303 e. The average molecular weight is 314 g/mol. The van der Waals surface area contributed by atoms with E-state index >= 15 is 0 Å². The molecule has 2 N–H and O–H groups in total. The van der Waals surface area contributed by atoms with Crippen molar-refractivity contribution >= 4 is 28.6 Å². The minimum absolute atomic E-state index is 0.0272. The summed E-state index contributed by atoms with van der Waals surface area (Å²) in [7, 11) is 0. The topological polar surface area (TPSA) is 88.5 Å². The van der Waals surface area contributed by atoms with Crippen LogP contribution in [-0.4, -0.2) is 28.6 Å². The fourth-order valence-electron chi connectivity index (χ4n) is 2.63. The van der Waals surface area contributed by atoms with Gasteiger partial charge in [-0.3, -0.25) is 9.59 Å². The number of carboxylic acid groups (broad SMARTS) is 1. The zero-order valence-electron chi connectivity index (χ0n) is 12.7. The minimum Gasteiger partial charge on any atom is -0.494 e. The molecule has 0 saturated carbocycles. The summed E-state index contributed by atoms with van der Waals surface area (Å²) in [6, 6.07) is 7.62. The van der Waals surface area contributed by atoms with Crippen molar-refractivity contribution in [2.24, 2.45) is 0 Å². The lowest BCUT2D eigenvalue weighted by Gasteiger charge is -2.08. The summed E-state index contributed by atoms with van der Waals surface area (Å²) in [5.74, 6) is 0.624. The molecule has 1 aliphatic rings. The van der Waals surface area contributed by atoms with Crippen molar-refractivity contribution in [1.29, 1.82) is 0 Å². The Bertz CT molecular complexity index is 758. The zero-order chi connectivity index (χ0) is 16.2. The van der Waals surface area contributed by atoms with Crippen LogP contribution in [0.2, 0.25) is 0 Å². The standard InChI is InChI=1S/C17H18N2O4/c20-15-10-12-8-11-9-13(5-6-14(11)18-17(12)19-15)23-7-3-1-2-4-16(21)22/h5-6,8-9H,1-4,7,10H2,(H,21,22)(H,18,19,20). The van der Waals surface area contributed by atoms with Crippen molar-refractivity contribution in [3.8, 4) is 5.75 Å². The highest BCUT2D eigenvalue weighted by Crippen LogP contribution is 2.27. The molecule has 120 valence electrons. The van der Waals surface area contributed by atoms with Crippen molar-refractivity contribution in [3.05, 3.63) is 29.8 Å². The van der Waals surface area contributed by atoms with Crippen LogP contribution in [0.4, 0.5) is 5.82 Å². The van der Waals surface area contributed by atoms with E-state index in [0.29, 0.717) is 25.3 Å². The van der Waals surface area contributed by atoms with Crippen LogP contribution in [0.1, 0.15) is 31.2 Å². The van der Waals surface area contributed by atoms with E-state index in [-0.39, 0.29) is 12.3 Å². The number of aliphatic carboxylic acids is 1. The molecule has 0 saturated heterocycles. The summed E-state index contributed by atoms with van der Waals surface area (Å²) < 4.78 is 5.70. The number of carbonyl (C=O) groups excluding carboxylic acids is 1. The van der Waals surface area contributed by atoms with Gasteiger partial charge in [0.15, 0.2) is 0 Å². The van der Waals surface area contributed by atoms with Gasteiger partial charge < -0.3 is 15.2 Å². The van der Waals surface area contributed by atoms with E-state index in [0.717, 1.165) is 35.1 Å². The van der Waals surface area contributed by atoms with Gasteiger partial charge in [0, 0.05) is 17.4 Å². The van der Waals surface area contributed by atoms with Crippen LogP contribution < -0.4 is 10.1 Å². The van der Waals surface area contributed by atoms with Gasteiger partial charge in [-0.05, 0) is 43.5 Å². The van der Waals surface area contributed by atoms with Gasteiger partial charge in [-0.15, -0.1) is 0 Å². The summed E-state index contributed by atoms with van der Waals surface area (Å²) >= 11 is 0. The summed E-state index contributed by atoms with van der Waals surface area (Å²) in [6.45, 7) is 0.559. The Morgan fingerprint density at radius 2 is 2.13 bits per heavy atom. The number of fused-ring (bicyclic) bond motifs is 2. The molecule has 0 fully saturated rings. The molecule has 1 amide bonds. The third-order valence-corrected chi connectivity index (χ3v) is 3.78. The molecular weight excluding hydrogens is 296 g/mol. The number of carboxylic acids is 1. The summed E-state index contributed by atoms with van der Waals surface area (Å²) in [4.78, 5) is 26.3. The second-order valence-corrected chi connectivity index (χ2v) is 5.63. The monoisotopic (exact) mass is 314 g/mol. The summed E-state index contributed by atoms with van der Waals surface area (Å²) in [5, 5.41) is 12.3. The van der Waals surface area contributed by atoms with Crippen molar-refractivity contribution in [3.63, 3.8) is 0 Å². The molecule has 2 aromatic rings. The predicted molar refractivity (Wildman–Crippen MR) is 85.7 cm³/mol. The number of pyridine rings is 1. The van der Waals surface area contributed by atoms with Crippen molar-refractivity contribution in [2.75, 3.05) is 11.9 Å². The molecule has 23 heavy (non-hydrogen) atoms. The minimum atomic E-state index is -0.756. The van der Waals surface area contributed by atoms with E-state index in [1.807, 2.05) is 24.3 Å². The van der Waals surface area contributed by atoms with Crippen LogP contribution in [0.5, 0.6) is 5.75 Å². The first-order chi connectivity index (χ1) is 11.1. The highest BCUT2D eigenvalue weighted by Gasteiger charge is 2.19. The number of nitrogens with zero attached hydrogens (tertiary/aromatic N) is 1. The maximum atomic E-state index is 11.4. The van der Waals surface area contributed by atoms with Crippen molar-refractivity contribution in [2.45, 2.75) is 32.1 Å². The van der Waals surface area contributed by atoms with E-state index in [9.17, 15) is 9.59 Å². The third kappa shape index (κ3) is 3.77. The number of hydrogen-bond acceptors (Lipinski definition) is 4. The smallest absolute Gasteiger partial charge is 0.303 e. The molecule has 1 aromatic carbocycles. The molecule has 0 radical (unpaired) electrons. The molecule has 1 aromatic heterocycles. The van der Waals surface area contributed by atoms with Crippen molar-refractivity contribution in [1.82, 2.24) is 4.98 Å². The zero-order valence-corrected chi connectivity index (χ0v) is 12.7. The second-order valence-electron chi connectivity index (χ2n) is 5.63. The lowest BCUT2D eigenvalue weighted by Crippen LogP contribution is -2.04. The lowest BCUT2D eigenvalue weighted by molar-refractivity contribution is -0.137. The fraction of sp³-hybridized carbons (Fsp3) is 0.353. The van der Waals surface area contributed by atoms with Crippen LogP contribution in [0.25, 0.3) is 10.9 Å². The third-order valence-electron chi connectivity index (χ3n) is 3.78. The number of unbranched alkanes of at least 4 members (excludes halogenated alkanes) is 2. The number of anilines is 1. The van der Waals surface area contributed by atoms with Crippen LogP contribution in [0, 0.1) is 0 Å². The summed E-state index contributed by atoms with van der Waals surface area (Å²) in [5.41, 5.74) is 1.73. The SMILES string of the molecule is O=C(O)CCCCCOc1ccc2nc3c(cc2c1)CC(=O)N3. The number of hydrogen-bond donors (Lipinski definition) is 2. The van der Waals surface area contributed by atoms with Gasteiger partial charge in [0.2, 0.25) is 5.91 Å². The first kappa shape index (κ1) is 15.3. The number of benzene rings is 1. The molecule has 6 heteroatoms. The number of amides is 1. The Labute approximate surface area is 133 Å². The number of carbonyl (C=O) groups is 2. The van der Waals surface area contributed by atoms with Gasteiger partial charge in [-0.2, -0.15) is 0 Å².